The second kappa shape index (κ2) is 9.46. The van der Waals surface area contributed by atoms with Gasteiger partial charge in [0, 0.05) is 30.2 Å². The Hall–Kier alpha value is -2.73. The largest absolute Gasteiger partial charge is 0.491 e. The van der Waals surface area contributed by atoms with Gasteiger partial charge < -0.3 is 20.3 Å². The van der Waals surface area contributed by atoms with Gasteiger partial charge in [-0.15, -0.1) is 0 Å². The van der Waals surface area contributed by atoms with E-state index >= 15 is 0 Å². The summed E-state index contributed by atoms with van der Waals surface area (Å²) in [5.41, 5.74) is 1.70. The molecule has 3 rings (SSSR count). The van der Waals surface area contributed by atoms with Crippen LogP contribution < -0.4 is 15.4 Å². The summed E-state index contributed by atoms with van der Waals surface area (Å²) in [5.74, 6) is 0.832. The van der Waals surface area contributed by atoms with Gasteiger partial charge in [-0.05, 0) is 55.3 Å². The fraction of sp³-hybridized carbons (Fsp3) is 0.333. The molecule has 1 aliphatic rings. The van der Waals surface area contributed by atoms with Crippen LogP contribution in [0, 0.1) is 0 Å². The molecule has 0 bridgehead atoms. The number of hydrogen-bond acceptors (Lipinski definition) is 3. The standard InChI is InChI=1S/C21H24ClN3O3/c1-2-23-21(27)24-17-6-9-19(10-7-17)28-14-18-8-11-20(26)25(18)13-15-4-3-5-16(22)12-15/h3-7,9-10,12,18H,2,8,11,13-14H2,1H3,(H2,23,24,27)/t18-/m0/s1. The van der Waals surface area contributed by atoms with Crippen molar-refractivity contribution in [2.45, 2.75) is 32.4 Å². The van der Waals surface area contributed by atoms with Crippen LogP contribution in [0.5, 0.6) is 5.75 Å². The highest BCUT2D eigenvalue weighted by atomic mass is 35.5. The zero-order valence-electron chi connectivity index (χ0n) is 15.8. The molecule has 0 saturated carbocycles. The Labute approximate surface area is 169 Å². The van der Waals surface area contributed by atoms with Crippen LogP contribution in [0.15, 0.2) is 48.5 Å². The van der Waals surface area contributed by atoms with Gasteiger partial charge in [-0.25, -0.2) is 4.79 Å². The van der Waals surface area contributed by atoms with Gasteiger partial charge >= 0.3 is 6.03 Å². The number of urea groups is 1. The van der Waals surface area contributed by atoms with Crippen LogP contribution in [-0.4, -0.2) is 36.0 Å². The highest BCUT2D eigenvalue weighted by Gasteiger charge is 2.31. The third kappa shape index (κ3) is 5.39. The van der Waals surface area contributed by atoms with Crippen molar-refractivity contribution in [1.29, 1.82) is 0 Å². The lowest BCUT2D eigenvalue weighted by molar-refractivity contribution is -0.129. The highest BCUT2D eigenvalue weighted by molar-refractivity contribution is 6.30. The van der Waals surface area contributed by atoms with Crippen LogP contribution in [-0.2, 0) is 11.3 Å². The van der Waals surface area contributed by atoms with Crippen LogP contribution in [0.1, 0.15) is 25.3 Å². The van der Waals surface area contributed by atoms with Crippen LogP contribution in [0.2, 0.25) is 5.02 Å². The SMILES string of the molecule is CCNC(=O)Nc1ccc(OC[C@@H]2CCC(=O)N2Cc2cccc(Cl)c2)cc1. The molecule has 0 spiro atoms. The molecule has 0 aromatic heterocycles. The molecule has 28 heavy (non-hydrogen) atoms. The van der Waals surface area contributed by atoms with Crippen LogP contribution in [0.4, 0.5) is 10.5 Å². The van der Waals surface area contributed by atoms with Gasteiger partial charge in [-0.3, -0.25) is 4.79 Å². The number of anilines is 1. The van der Waals surface area contributed by atoms with Crippen molar-refractivity contribution < 1.29 is 14.3 Å². The second-order valence-corrected chi connectivity index (χ2v) is 7.10. The first-order valence-corrected chi connectivity index (χ1v) is 9.74. The molecule has 0 unspecified atom stereocenters. The van der Waals surface area contributed by atoms with Crippen molar-refractivity contribution in [3.05, 3.63) is 59.1 Å². The Morgan fingerprint density at radius 3 is 2.75 bits per heavy atom. The van der Waals surface area contributed by atoms with Crippen LogP contribution in [0.3, 0.4) is 0 Å². The van der Waals surface area contributed by atoms with Crippen LogP contribution >= 0.6 is 11.6 Å². The molecule has 1 aliphatic heterocycles. The van der Waals surface area contributed by atoms with Crippen molar-refractivity contribution in [2.24, 2.45) is 0 Å². The lowest BCUT2D eigenvalue weighted by Crippen LogP contribution is -2.36. The number of nitrogens with one attached hydrogen (secondary N) is 2. The van der Waals surface area contributed by atoms with E-state index in [9.17, 15) is 9.59 Å². The van der Waals surface area contributed by atoms with Crippen molar-refractivity contribution >= 4 is 29.2 Å². The van der Waals surface area contributed by atoms with E-state index in [-0.39, 0.29) is 18.0 Å². The molecule has 1 fully saturated rings. The molecule has 1 heterocycles. The molecule has 3 amide bonds. The number of carbonyl (C=O) groups is 2. The first kappa shape index (κ1) is 20.0. The van der Waals surface area contributed by atoms with E-state index in [1.54, 1.807) is 24.3 Å². The molecular weight excluding hydrogens is 378 g/mol. The minimum atomic E-state index is -0.239. The van der Waals surface area contributed by atoms with E-state index in [0.29, 0.717) is 42.6 Å². The molecule has 2 aromatic carbocycles. The fourth-order valence-electron chi connectivity index (χ4n) is 3.18. The van der Waals surface area contributed by atoms with E-state index in [0.717, 1.165) is 12.0 Å². The predicted octanol–water partition coefficient (Wildman–Crippen LogP) is 4.05. The van der Waals surface area contributed by atoms with Crippen molar-refractivity contribution in [2.75, 3.05) is 18.5 Å². The third-order valence-electron chi connectivity index (χ3n) is 4.59. The number of rotatable bonds is 7. The molecule has 0 radical (unpaired) electrons. The maximum atomic E-state index is 12.3. The lowest BCUT2D eigenvalue weighted by atomic mass is 10.2. The molecular formula is C21H24ClN3O3. The number of amides is 3. The zero-order chi connectivity index (χ0) is 19.9. The fourth-order valence-corrected chi connectivity index (χ4v) is 3.39. The highest BCUT2D eigenvalue weighted by Crippen LogP contribution is 2.24. The topological polar surface area (TPSA) is 70.7 Å². The summed E-state index contributed by atoms with van der Waals surface area (Å²) in [7, 11) is 0. The van der Waals surface area contributed by atoms with E-state index in [4.69, 9.17) is 16.3 Å². The van der Waals surface area contributed by atoms with Gasteiger partial charge in [0.1, 0.15) is 12.4 Å². The summed E-state index contributed by atoms with van der Waals surface area (Å²) in [6.45, 7) is 3.39. The predicted molar refractivity (Wildman–Crippen MR) is 110 cm³/mol. The Bertz CT molecular complexity index is 826. The smallest absolute Gasteiger partial charge is 0.319 e. The number of carbonyl (C=O) groups excluding carboxylic acids is 2. The summed E-state index contributed by atoms with van der Waals surface area (Å²) in [6.07, 6.45) is 1.31. The molecule has 0 aliphatic carbocycles. The summed E-state index contributed by atoms with van der Waals surface area (Å²) in [4.78, 5) is 25.7. The summed E-state index contributed by atoms with van der Waals surface area (Å²) >= 11 is 6.05. The monoisotopic (exact) mass is 401 g/mol. The molecule has 6 nitrogen and oxygen atoms in total. The van der Waals surface area contributed by atoms with E-state index in [1.807, 2.05) is 36.1 Å². The van der Waals surface area contributed by atoms with Gasteiger partial charge in [-0.2, -0.15) is 0 Å². The number of benzene rings is 2. The van der Waals surface area contributed by atoms with Crippen molar-refractivity contribution in [3.63, 3.8) is 0 Å². The van der Waals surface area contributed by atoms with E-state index < -0.39 is 0 Å². The average Bonchev–Trinajstić information content (AvgIpc) is 3.01. The Morgan fingerprint density at radius 1 is 1.25 bits per heavy atom. The second-order valence-electron chi connectivity index (χ2n) is 6.66. The van der Waals surface area contributed by atoms with Crippen molar-refractivity contribution in [3.8, 4) is 5.75 Å². The van der Waals surface area contributed by atoms with Gasteiger partial charge in [0.25, 0.3) is 0 Å². The lowest BCUT2D eigenvalue weighted by Gasteiger charge is -2.25. The molecule has 2 N–H and O–H groups in total. The zero-order valence-corrected chi connectivity index (χ0v) is 16.5. The molecule has 2 aromatic rings. The van der Waals surface area contributed by atoms with E-state index in [2.05, 4.69) is 10.6 Å². The maximum Gasteiger partial charge on any atom is 0.319 e. The van der Waals surface area contributed by atoms with Gasteiger partial charge in [-0.1, -0.05) is 23.7 Å². The minimum absolute atomic E-state index is 0.0274. The van der Waals surface area contributed by atoms with Crippen LogP contribution in [0.25, 0.3) is 0 Å². The first-order valence-electron chi connectivity index (χ1n) is 9.37. The molecule has 1 saturated heterocycles. The molecule has 148 valence electrons. The number of hydrogen-bond donors (Lipinski definition) is 2. The summed E-state index contributed by atoms with van der Waals surface area (Å²) < 4.78 is 5.89. The minimum Gasteiger partial charge on any atom is -0.491 e. The average molecular weight is 402 g/mol. The Kier molecular flexibility index (Phi) is 6.76. The molecule has 7 heteroatoms. The number of likely N-dealkylation sites (tertiary alicyclic amines) is 1. The number of nitrogens with zero attached hydrogens (tertiary/aromatic N) is 1. The Balaban J connectivity index is 1.55. The quantitative estimate of drug-likeness (QED) is 0.735. The molecule has 1 atom stereocenters. The number of ether oxygens (including phenoxy) is 1. The number of halogens is 1. The summed E-state index contributed by atoms with van der Waals surface area (Å²) in [5, 5.41) is 6.08. The van der Waals surface area contributed by atoms with Gasteiger partial charge in [0.15, 0.2) is 0 Å². The maximum absolute atomic E-state index is 12.3. The Morgan fingerprint density at radius 2 is 2.04 bits per heavy atom. The van der Waals surface area contributed by atoms with Gasteiger partial charge in [0.05, 0.1) is 6.04 Å². The van der Waals surface area contributed by atoms with Gasteiger partial charge in [0.2, 0.25) is 5.91 Å². The van der Waals surface area contributed by atoms with Crippen molar-refractivity contribution in [1.82, 2.24) is 10.2 Å². The normalized spacial score (nSPS) is 16.1. The third-order valence-corrected chi connectivity index (χ3v) is 4.82. The van der Waals surface area contributed by atoms with E-state index in [1.165, 1.54) is 0 Å². The first-order chi connectivity index (χ1) is 13.5. The summed E-state index contributed by atoms with van der Waals surface area (Å²) in [6, 6.07) is 14.5.